The Morgan fingerprint density at radius 3 is 2.65 bits per heavy atom. The van der Waals surface area contributed by atoms with Crippen molar-refractivity contribution >= 4 is 17.2 Å². The summed E-state index contributed by atoms with van der Waals surface area (Å²) in [4.78, 5) is 29.9. The molecule has 0 saturated carbocycles. The van der Waals surface area contributed by atoms with Gasteiger partial charge in [-0.15, -0.1) is 11.3 Å². The Kier molecular flexibility index (Phi) is 4.38. The van der Waals surface area contributed by atoms with Crippen molar-refractivity contribution < 1.29 is 4.79 Å². The number of hydrogen-bond donors (Lipinski definition) is 1. The van der Waals surface area contributed by atoms with Crippen LogP contribution in [-0.4, -0.2) is 25.8 Å². The summed E-state index contributed by atoms with van der Waals surface area (Å²) in [6.07, 6.45) is 5.07. The number of rotatable bonds is 4. The van der Waals surface area contributed by atoms with Crippen molar-refractivity contribution in [3.05, 3.63) is 58.6 Å². The standard InChI is InChI=1S/C16H15N5OS/c1-10-4-5-12(8-19-10)9-20-15(22)13-11(2)21-16(23-13)14-17-6-3-7-18-14/h3-8H,9H2,1-2H3,(H,20,22). The van der Waals surface area contributed by atoms with E-state index in [1.807, 2.05) is 26.0 Å². The van der Waals surface area contributed by atoms with Gasteiger partial charge in [-0.05, 0) is 31.5 Å². The molecule has 116 valence electrons. The molecule has 0 radical (unpaired) electrons. The van der Waals surface area contributed by atoms with Crippen LogP contribution in [0, 0.1) is 13.8 Å². The molecule has 3 heterocycles. The summed E-state index contributed by atoms with van der Waals surface area (Å²) in [5.41, 5.74) is 2.58. The number of nitrogens with one attached hydrogen (secondary N) is 1. The molecular formula is C16H15N5OS. The summed E-state index contributed by atoms with van der Waals surface area (Å²) >= 11 is 1.29. The van der Waals surface area contributed by atoms with Gasteiger partial charge in [0.15, 0.2) is 10.8 Å². The van der Waals surface area contributed by atoms with E-state index in [1.165, 1.54) is 11.3 Å². The Hall–Kier alpha value is -2.67. The first kappa shape index (κ1) is 15.2. The lowest BCUT2D eigenvalue weighted by Gasteiger charge is -2.04. The average Bonchev–Trinajstić information content (AvgIpc) is 2.97. The average molecular weight is 325 g/mol. The van der Waals surface area contributed by atoms with Gasteiger partial charge in [0.25, 0.3) is 5.91 Å². The summed E-state index contributed by atoms with van der Waals surface area (Å²) in [6.45, 7) is 4.17. The third kappa shape index (κ3) is 3.57. The van der Waals surface area contributed by atoms with E-state index >= 15 is 0 Å². The number of carbonyl (C=O) groups excluding carboxylic acids is 1. The van der Waals surface area contributed by atoms with Crippen LogP contribution in [0.1, 0.15) is 26.6 Å². The van der Waals surface area contributed by atoms with Crippen LogP contribution in [0.5, 0.6) is 0 Å². The Labute approximate surface area is 137 Å². The normalized spacial score (nSPS) is 10.5. The molecule has 6 nitrogen and oxygen atoms in total. The van der Waals surface area contributed by atoms with Crippen LogP contribution < -0.4 is 5.32 Å². The van der Waals surface area contributed by atoms with E-state index in [1.54, 1.807) is 24.7 Å². The SMILES string of the molecule is Cc1ccc(CNC(=O)c2sc(-c3ncccn3)nc2C)cn1. The summed E-state index contributed by atoms with van der Waals surface area (Å²) in [5.74, 6) is 0.380. The first-order valence-electron chi connectivity index (χ1n) is 7.08. The van der Waals surface area contributed by atoms with Crippen molar-refractivity contribution in [2.45, 2.75) is 20.4 Å². The Morgan fingerprint density at radius 2 is 1.96 bits per heavy atom. The molecule has 1 amide bonds. The fourth-order valence-corrected chi connectivity index (χ4v) is 2.91. The molecular weight excluding hydrogens is 310 g/mol. The predicted molar refractivity (Wildman–Crippen MR) is 88.0 cm³/mol. The second-order valence-corrected chi connectivity index (χ2v) is 6.00. The summed E-state index contributed by atoms with van der Waals surface area (Å²) in [5, 5.41) is 3.53. The molecule has 0 aliphatic rings. The van der Waals surface area contributed by atoms with Crippen molar-refractivity contribution in [2.75, 3.05) is 0 Å². The van der Waals surface area contributed by atoms with E-state index < -0.39 is 0 Å². The van der Waals surface area contributed by atoms with E-state index in [2.05, 4.69) is 25.3 Å². The van der Waals surface area contributed by atoms with Crippen molar-refractivity contribution in [3.63, 3.8) is 0 Å². The van der Waals surface area contributed by atoms with Gasteiger partial charge in [-0.3, -0.25) is 9.78 Å². The lowest BCUT2D eigenvalue weighted by Crippen LogP contribution is -2.22. The van der Waals surface area contributed by atoms with E-state index in [0.29, 0.717) is 27.9 Å². The molecule has 7 heteroatoms. The largest absolute Gasteiger partial charge is 0.347 e. The minimum absolute atomic E-state index is 0.150. The fraction of sp³-hybridized carbons (Fsp3) is 0.188. The van der Waals surface area contributed by atoms with Crippen LogP contribution >= 0.6 is 11.3 Å². The maximum Gasteiger partial charge on any atom is 0.263 e. The molecule has 0 aromatic carbocycles. The lowest BCUT2D eigenvalue weighted by molar-refractivity contribution is 0.0954. The van der Waals surface area contributed by atoms with Crippen molar-refractivity contribution in [2.24, 2.45) is 0 Å². The third-order valence-electron chi connectivity index (χ3n) is 3.19. The van der Waals surface area contributed by atoms with Gasteiger partial charge < -0.3 is 5.32 Å². The van der Waals surface area contributed by atoms with Crippen LogP contribution in [0.25, 0.3) is 10.8 Å². The number of amides is 1. The zero-order chi connectivity index (χ0) is 16.2. The lowest BCUT2D eigenvalue weighted by atomic mass is 10.2. The monoisotopic (exact) mass is 325 g/mol. The molecule has 1 N–H and O–H groups in total. The van der Waals surface area contributed by atoms with Crippen molar-refractivity contribution in [1.29, 1.82) is 0 Å². The van der Waals surface area contributed by atoms with Crippen LogP contribution in [0.2, 0.25) is 0 Å². The molecule has 0 saturated heterocycles. The third-order valence-corrected chi connectivity index (χ3v) is 4.34. The number of pyridine rings is 1. The Morgan fingerprint density at radius 1 is 1.17 bits per heavy atom. The van der Waals surface area contributed by atoms with E-state index in [0.717, 1.165) is 11.3 Å². The van der Waals surface area contributed by atoms with E-state index in [4.69, 9.17) is 0 Å². The quantitative estimate of drug-likeness (QED) is 0.797. The number of thiazole rings is 1. The molecule has 0 spiro atoms. The van der Waals surface area contributed by atoms with Crippen LogP contribution in [0.15, 0.2) is 36.8 Å². The number of hydrogen-bond acceptors (Lipinski definition) is 6. The van der Waals surface area contributed by atoms with Gasteiger partial charge in [0.2, 0.25) is 0 Å². The summed E-state index contributed by atoms with van der Waals surface area (Å²) < 4.78 is 0. The van der Waals surface area contributed by atoms with Gasteiger partial charge in [0.05, 0.1) is 5.69 Å². The molecule has 0 bridgehead atoms. The van der Waals surface area contributed by atoms with Crippen molar-refractivity contribution in [3.8, 4) is 10.8 Å². The molecule has 0 atom stereocenters. The summed E-state index contributed by atoms with van der Waals surface area (Å²) in [6, 6.07) is 5.61. The van der Waals surface area contributed by atoms with Crippen molar-refractivity contribution in [1.82, 2.24) is 25.3 Å². The molecule has 23 heavy (non-hydrogen) atoms. The van der Waals surface area contributed by atoms with Gasteiger partial charge in [0.1, 0.15) is 4.88 Å². The zero-order valence-electron chi connectivity index (χ0n) is 12.8. The highest BCUT2D eigenvalue weighted by molar-refractivity contribution is 7.17. The first-order chi connectivity index (χ1) is 11.1. The number of carbonyl (C=O) groups is 1. The van der Waals surface area contributed by atoms with E-state index in [-0.39, 0.29) is 5.91 Å². The van der Waals surface area contributed by atoms with Gasteiger partial charge in [-0.25, -0.2) is 15.0 Å². The second-order valence-electron chi connectivity index (χ2n) is 5.00. The minimum Gasteiger partial charge on any atom is -0.347 e. The van der Waals surface area contributed by atoms with Gasteiger partial charge in [-0.1, -0.05) is 6.07 Å². The topological polar surface area (TPSA) is 80.7 Å². The van der Waals surface area contributed by atoms with Gasteiger partial charge in [-0.2, -0.15) is 0 Å². The Balaban J connectivity index is 1.72. The zero-order valence-corrected chi connectivity index (χ0v) is 13.6. The van der Waals surface area contributed by atoms with Gasteiger partial charge >= 0.3 is 0 Å². The highest BCUT2D eigenvalue weighted by atomic mass is 32.1. The number of nitrogens with zero attached hydrogens (tertiary/aromatic N) is 4. The maximum atomic E-state index is 12.3. The molecule has 0 unspecified atom stereocenters. The van der Waals surface area contributed by atoms with Gasteiger partial charge in [0, 0.05) is 30.8 Å². The fourth-order valence-electron chi connectivity index (χ4n) is 1.98. The minimum atomic E-state index is -0.150. The highest BCUT2D eigenvalue weighted by Crippen LogP contribution is 2.25. The molecule has 3 rings (SSSR count). The molecule has 0 aliphatic heterocycles. The van der Waals surface area contributed by atoms with Crippen LogP contribution in [-0.2, 0) is 6.54 Å². The molecule has 3 aromatic heterocycles. The highest BCUT2D eigenvalue weighted by Gasteiger charge is 2.17. The number of aryl methyl sites for hydroxylation is 2. The smallest absolute Gasteiger partial charge is 0.263 e. The second kappa shape index (κ2) is 6.62. The van der Waals surface area contributed by atoms with E-state index in [9.17, 15) is 4.79 Å². The molecule has 0 aliphatic carbocycles. The number of aromatic nitrogens is 4. The predicted octanol–water partition coefficient (Wildman–Crippen LogP) is 2.54. The van der Waals surface area contributed by atoms with Crippen LogP contribution in [0.4, 0.5) is 0 Å². The van der Waals surface area contributed by atoms with Crippen LogP contribution in [0.3, 0.4) is 0 Å². The maximum absolute atomic E-state index is 12.3. The molecule has 0 fully saturated rings. The first-order valence-corrected chi connectivity index (χ1v) is 7.89. The Bertz CT molecular complexity index is 814. The molecule has 3 aromatic rings. The summed E-state index contributed by atoms with van der Waals surface area (Å²) in [7, 11) is 0.